The molecule has 0 unspecified atom stereocenters. The van der Waals surface area contributed by atoms with Crippen LogP contribution in [0.1, 0.15) is 11.1 Å². The first-order valence-electron chi connectivity index (χ1n) is 5.68. The van der Waals surface area contributed by atoms with Gasteiger partial charge in [0.1, 0.15) is 0 Å². The van der Waals surface area contributed by atoms with Crippen LogP contribution in [-0.4, -0.2) is 22.0 Å². The first kappa shape index (κ1) is 13.3. The summed E-state index contributed by atoms with van der Waals surface area (Å²) in [6.07, 6.45) is 4.69. The number of aromatic nitrogens is 1. The monoisotopic (exact) mass is 269 g/mol. The van der Waals surface area contributed by atoms with Gasteiger partial charge in [-0.05, 0) is 29.8 Å². The van der Waals surface area contributed by atoms with Crippen molar-refractivity contribution in [3.63, 3.8) is 0 Å². The minimum absolute atomic E-state index is 0.0296. The lowest BCUT2D eigenvalue weighted by molar-refractivity contribution is -0.384. The van der Waals surface area contributed by atoms with Gasteiger partial charge in [0.25, 0.3) is 5.69 Å². The molecule has 0 saturated heterocycles. The second-order valence-corrected chi connectivity index (χ2v) is 3.81. The topological polar surface area (TPSA) is 107 Å². The summed E-state index contributed by atoms with van der Waals surface area (Å²) in [6, 6.07) is 9.41. The molecule has 20 heavy (non-hydrogen) atoms. The van der Waals surface area contributed by atoms with Crippen LogP contribution in [0.3, 0.4) is 0 Å². The van der Waals surface area contributed by atoms with Gasteiger partial charge in [0, 0.05) is 30.1 Å². The van der Waals surface area contributed by atoms with E-state index in [0.29, 0.717) is 5.56 Å². The average molecular weight is 269 g/mol. The third-order valence-corrected chi connectivity index (χ3v) is 2.45. The number of nitro groups is 1. The van der Waals surface area contributed by atoms with Crippen LogP contribution in [0, 0.1) is 10.1 Å². The van der Waals surface area contributed by atoms with E-state index in [0.717, 1.165) is 5.56 Å². The van der Waals surface area contributed by atoms with Crippen molar-refractivity contribution in [2.75, 3.05) is 0 Å². The fourth-order valence-electron chi connectivity index (χ4n) is 1.42. The number of non-ortho nitro benzene ring substituents is 1. The molecule has 1 aromatic carbocycles. The molecule has 2 N–H and O–H groups in total. The van der Waals surface area contributed by atoms with Crippen LogP contribution in [0.4, 0.5) is 5.69 Å². The van der Waals surface area contributed by atoms with Crippen molar-refractivity contribution in [2.45, 2.75) is 0 Å². The molecule has 0 atom stereocenters. The quantitative estimate of drug-likeness (QED) is 0.394. The van der Waals surface area contributed by atoms with Crippen LogP contribution >= 0.6 is 0 Å². The zero-order chi connectivity index (χ0) is 14.4. The molecule has 0 amide bonds. The predicted octanol–water partition coefficient (Wildman–Crippen LogP) is 1.73. The summed E-state index contributed by atoms with van der Waals surface area (Å²) in [5.74, 6) is 0.269. The van der Waals surface area contributed by atoms with Crippen LogP contribution < -0.4 is 5.73 Å². The zero-order valence-electron chi connectivity index (χ0n) is 10.4. The molecule has 1 aromatic heterocycles. The Bertz CT molecular complexity index is 650. The number of amidine groups is 1. The van der Waals surface area contributed by atoms with Gasteiger partial charge in [-0.25, -0.2) is 0 Å². The number of pyridine rings is 1. The van der Waals surface area contributed by atoms with E-state index in [1.807, 2.05) is 0 Å². The number of hydrogen-bond donors (Lipinski definition) is 1. The van der Waals surface area contributed by atoms with E-state index in [-0.39, 0.29) is 11.5 Å². The molecule has 0 aliphatic heterocycles. The first-order chi connectivity index (χ1) is 9.66. The zero-order valence-corrected chi connectivity index (χ0v) is 10.4. The Hall–Kier alpha value is -3.09. The Morgan fingerprint density at radius 3 is 2.45 bits per heavy atom. The lowest BCUT2D eigenvalue weighted by atomic mass is 10.2. The summed E-state index contributed by atoms with van der Waals surface area (Å²) < 4.78 is 0. The lowest BCUT2D eigenvalue weighted by Crippen LogP contribution is -2.12. The molecule has 0 saturated carbocycles. The normalized spacial score (nSPS) is 11.7. The predicted molar refractivity (Wildman–Crippen MR) is 75.7 cm³/mol. The highest BCUT2D eigenvalue weighted by molar-refractivity contribution is 5.97. The van der Waals surface area contributed by atoms with E-state index in [2.05, 4.69) is 15.2 Å². The molecular formula is C13H11N5O2. The second kappa shape index (κ2) is 6.19. The number of nitrogens with two attached hydrogens (primary N) is 1. The number of hydrogen-bond acceptors (Lipinski definition) is 5. The number of nitro benzene ring substituents is 1. The summed E-state index contributed by atoms with van der Waals surface area (Å²) in [7, 11) is 0. The molecule has 7 heteroatoms. The van der Waals surface area contributed by atoms with Crippen LogP contribution in [0.25, 0.3) is 0 Å². The van der Waals surface area contributed by atoms with E-state index in [1.165, 1.54) is 18.3 Å². The number of rotatable bonds is 4. The highest BCUT2D eigenvalue weighted by Gasteiger charge is 2.02. The van der Waals surface area contributed by atoms with Crippen LogP contribution in [0.5, 0.6) is 0 Å². The summed E-state index contributed by atoms with van der Waals surface area (Å²) in [6.45, 7) is 0. The maximum Gasteiger partial charge on any atom is 0.269 e. The Labute approximate surface area is 114 Å². The molecule has 0 aliphatic rings. The van der Waals surface area contributed by atoms with E-state index in [1.54, 1.807) is 36.7 Å². The summed E-state index contributed by atoms with van der Waals surface area (Å²) in [5, 5.41) is 18.2. The molecule has 0 bridgehead atoms. The molecule has 100 valence electrons. The highest BCUT2D eigenvalue weighted by Crippen LogP contribution is 2.10. The second-order valence-electron chi connectivity index (χ2n) is 3.81. The third kappa shape index (κ3) is 3.45. The Morgan fingerprint density at radius 1 is 1.20 bits per heavy atom. The molecule has 7 nitrogen and oxygen atoms in total. The van der Waals surface area contributed by atoms with Gasteiger partial charge in [-0.3, -0.25) is 15.1 Å². The van der Waals surface area contributed by atoms with Crippen molar-refractivity contribution in [3.8, 4) is 0 Å². The molecule has 0 aliphatic carbocycles. The van der Waals surface area contributed by atoms with Crippen molar-refractivity contribution in [1.29, 1.82) is 0 Å². The van der Waals surface area contributed by atoms with Gasteiger partial charge in [-0.2, -0.15) is 5.10 Å². The number of benzene rings is 1. The average Bonchev–Trinajstić information content (AvgIpc) is 2.48. The molecule has 0 spiro atoms. The van der Waals surface area contributed by atoms with Gasteiger partial charge in [-0.15, -0.1) is 5.10 Å². The molecule has 1 heterocycles. The molecule has 2 aromatic rings. The van der Waals surface area contributed by atoms with Crippen molar-refractivity contribution >= 4 is 17.7 Å². The Kier molecular flexibility index (Phi) is 4.13. The van der Waals surface area contributed by atoms with E-state index in [9.17, 15) is 10.1 Å². The summed E-state index contributed by atoms with van der Waals surface area (Å²) in [4.78, 5) is 13.9. The van der Waals surface area contributed by atoms with E-state index >= 15 is 0 Å². The SMILES string of the molecule is N/C(=N\N=C\c1ccc([N+](=O)[O-])cc1)c1ccncc1. The summed E-state index contributed by atoms with van der Waals surface area (Å²) in [5.41, 5.74) is 7.19. The standard InChI is InChI=1S/C13H11N5O2/c14-13(11-5-7-15-8-6-11)17-16-9-10-1-3-12(4-2-10)18(19)20/h1-9H,(H2,14,17)/b16-9+. The largest absolute Gasteiger partial charge is 0.382 e. The van der Waals surface area contributed by atoms with E-state index < -0.39 is 4.92 Å². The van der Waals surface area contributed by atoms with Gasteiger partial charge < -0.3 is 5.73 Å². The van der Waals surface area contributed by atoms with Gasteiger partial charge in [-0.1, -0.05) is 0 Å². The van der Waals surface area contributed by atoms with Gasteiger partial charge in [0.15, 0.2) is 5.84 Å². The maximum absolute atomic E-state index is 10.5. The van der Waals surface area contributed by atoms with Gasteiger partial charge in [0.2, 0.25) is 0 Å². The van der Waals surface area contributed by atoms with Gasteiger partial charge in [0.05, 0.1) is 11.1 Å². The maximum atomic E-state index is 10.5. The number of nitrogens with zero attached hydrogens (tertiary/aromatic N) is 4. The Morgan fingerprint density at radius 2 is 1.85 bits per heavy atom. The van der Waals surface area contributed by atoms with Crippen molar-refractivity contribution in [3.05, 3.63) is 70.0 Å². The third-order valence-electron chi connectivity index (χ3n) is 2.45. The van der Waals surface area contributed by atoms with Crippen molar-refractivity contribution in [2.24, 2.45) is 15.9 Å². The molecule has 0 radical (unpaired) electrons. The Balaban J connectivity index is 2.08. The summed E-state index contributed by atoms with van der Waals surface area (Å²) >= 11 is 0. The molecule has 0 fully saturated rings. The minimum Gasteiger partial charge on any atom is -0.382 e. The first-order valence-corrected chi connectivity index (χ1v) is 5.68. The molecule has 2 rings (SSSR count). The minimum atomic E-state index is -0.458. The smallest absolute Gasteiger partial charge is 0.269 e. The van der Waals surface area contributed by atoms with Crippen molar-refractivity contribution < 1.29 is 4.92 Å². The fourth-order valence-corrected chi connectivity index (χ4v) is 1.42. The lowest BCUT2D eigenvalue weighted by Gasteiger charge is -1.96. The van der Waals surface area contributed by atoms with Crippen LogP contribution in [-0.2, 0) is 0 Å². The van der Waals surface area contributed by atoms with Crippen LogP contribution in [0.2, 0.25) is 0 Å². The van der Waals surface area contributed by atoms with Gasteiger partial charge >= 0.3 is 0 Å². The van der Waals surface area contributed by atoms with E-state index in [4.69, 9.17) is 5.73 Å². The fraction of sp³-hybridized carbons (Fsp3) is 0. The van der Waals surface area contributed by atoms with Crippen molar-refractivity contribution in [1.82, 2.24) is 4.98 Å². The van der Waals surface area contributed by atoms with Crippen LogP contribution in [0.15, 0.2) is 59.0 Å². The highest BCUT2D eigenvalue weighted by atomic mass is 16.6. The molecular weight excluding hydrogens is 258 g/mol.